The molecule has 1 rings (SSSR count). The Kier molecular flexibility index (Phi) is 11.7. The highest BCUT2D eigenvalue weighted by Gasteiger charge is 2.40. The molecule has 34 heavy (non-hydrogen) atoms. The van der Waals surface area contributed by atoms with Crippen molar-refractivity contribution in [3.8, 4) is 5.75 Å². The van der Waals surface area contributed by atoms with Gasteiger partial charge in [-0.05, 0) is 73.2 Å². The Labute approximate surface area is 211 Å². The van der Waals surface area contributed by atoms with E-state index in [9.17, 15) is 4.79 Å². The maximum Gasteiger partial charge on any atom is 0.250 e. The van der Waals surface area contributed by atoms with E-state index in [1.807, 2.05) is 0 Å². The van der Waals surface area contributed by atoms with Crippen LogP contribution in [0.1, 0.15) is 66.4 Å². The van der Waals surface area contributed by atoms with Crippen molar-refractivity contribution in [2.24, 2.45) is 0 Å². The van der Waals surface area contributed by atoms with Crippen molar-refractivity contribution in [1.29, 1.82) is 0 Å². The number of aryl methyl sites for hydroxylation is 1. The summed E-state index contributed by atoms with van der Waals surface area (Å²) in [5.41, 5.74) is 1.26. The van der Waals surface area contributed by atoms with E-state index in [1.165, 1.54) is 5.56 Å². The topological polar surface area (TPSA) is 54.0 Å². The molecule has 7 heteroatoms. The van der Waals surface area contributed by atoms with Gasteiger partial charge in [0, 0.05) is 19.6 Å². The molecule has 0 aliphatic heterocycles. The first kappa shape index (κ1) is 31.0. The minimum absolute atomic E-state index is 0.0193. The predicted molar refractivity (Wildman–Crippen MR) is 147 cm³/mol. The van der Waals surface area contributed by atoms with Crippen LogP contribution in [0.5, 0.6) is 5.75 Å². The van der Waals surface area contributed by atoms with Crippen molar-refractivity contribution in [2.45, 2.75) is 116 Å². The van der Waals surface area contributed by atoms with Crippen LogP contribution in [0.4, 0.5) is 0 Å². The highest BCUT2D eigenvalue weighted by molar-refractivity contribution is 6.75. The zero-order valence-corrected chi connectivity index (χ0v) is 25.6. The maximum absolute atomic E-state index is 11.2. The Balaban J connectivity index is 2.93. The molecule has 0 unspecified atom stereocenters. The average Bonchev–Trinajstić information content (AvgIpc) is 2.69. The van der Waals surface area contributed by atoms with Gasteiger partial charge in [0.25, 0.3) is 0 Å². The molecule has 0 aromatic heterocycles. The Morgan fingerprint density at radius 3 is 1.91 bits per heavy atom. The summed E-state index contributed by atoms with van der Waals surface area (Å²) in [4.78, 5) is 11.2. The molecular weight excluding hydrogens is 460 g/mol. The van der Waals surface area contributed by atoms with Crippen LogP contribution in [0.15, 0.2) is 24.3 Å². The minimum atomic E-state index is -1.97. The summed E-state index contributed by atoms with van der Waals surface area (Å²) in [5.74, 6) is 0.948. The lowest BCUT2D eigenvalue weighted by atomic mass is 10.0. The molecule has 0 amide bonds. The van der Waals surface area contributed by atoms with Crippen molar-refractivity contribution >= 4 is 22.9 Å². The second kappa shape index (κ2) is 12.8. The number of methoxy groups -OCH3 is 1. The fraction of sp³-hybridized carbons (Fsp3) is 0.741. The summed E-state index contributed by atoms with van der Waals surface area (Å²) in [6, 6.07) is 8.51. The zero-order chi connectivity index (χ0) is 26.2. The quantitative estimate of drug-likeness (QED) is 0.149. The number of hydrogen-bond donors (Lipinski definition) is 0. The molecular formula is C27H50O5Si2. The highest BCUT2D eigenvalue weighted by Crippen LogP contribution is 2.39. The number of carbonyl (C=O) groups excluding carboxylic acids is 1. The van der Waals surface area contributed by atoms with Crippen LogP contribution < -0.4 is 4.43 Å². The fourth-order valence-corrected chi connectivity index (χ4v) is 5.55. The lowest BCUT2D eigenvalue weighted by Crippen LogP contribution is -2.45. The molecule has 1 aromatic rings. The summed E-state index contributed by atoms with van der Waals surface area (Å²) in [5, 5.41) is 0.282. The van der Waals surface area contributed by atoms with Gasteiger partial charge in [0.1, 0.15) is 18.8 Å². The van der Waals surface area contributed by atoms with Crippen LogP contribution in [-0.2, 0) is 25.1 Å². The summed E-state index contributed by atoms with van der Waals surface area (Å²) < 4.78 is 24.1. The molecule has 2 atom stereocenters. The standard InChI is InChI=1S/C27H50O5Si2/c1-26(2,3)33(8,9)31-23-15-12-22(13-16-23)14-17-25(32-34(10,11)27(4,5)6)20-24(18-19-28)30-21-29-7/h12-13,15-16,19,24-25H,14,17-18,20-21H2,1-11H3/t24-,25+/m1/s1. The first-order chi connectivity index (χ1) is 15.5. The summed E-state index contributed by atoms with van der Waals surface area (Å²) in [7, 11) is -2.22. The normalized spacial score (nSPS) is 15.1. The molecule has 0 spiro atoms. The van der Waals surface area contributed by atoms with Crippen molar-refractivity contribution in [1.82, 2.24) is 0 Å². The predicted octanol–water partition coefficient (Wildman–Crippen LogP) is 7.36. The monoisotopic (exact) mass is 510 g/mol. The van der Waals surface area contributed by atoms with E-state index in [0.29, 0.717) is 12.8 Å². The molecule has 0 saturated carbocycles. The van der Waals surface area contributed by atoms with Gasteiger partial charge in [-0.15, -0.1) is 0 Å². The van der Waals surface area contributed by atoms with E-state index in [1.54, 1.807) is 7.11 Å². The van der Waals surface area contributed by atoms with Gasteiger partial charge in [-0.3, -0.25) is 0 Å². The average molecular weight is 511 g/mol. The Morgan fingerprint density at radius 1 is 0.882 bits per heavy atom. The van der Waals surface area contributed by atoms with E-state index in [4.69, 9.17) is 18.3 Å². The van der Waals surface area contributed by atoms with E-state index < -0.39 is 16.6 Å². The van der Waals surface area contributed by atoms with Crippen molar-refractivity contribution in [3.05, 3.63) is 29.8 Å². The van der Waals surface area contributed by atoms with Crippen LogP contribution in [-0.4, -0.2) is 49.0 Å². The van der Waals surface area contributed by atoms with Gasteiger partial charge in [0.15, 0.2) is 8.32 Å². The first-order valence-electron chi connectivity index (χ1n) is 12.5. The molecule has 1 aromatic carbocycles. The van der Waals surface area contributed by atoms with Gasteiger partial charge in [0.05, 0.1) is 6.10 Å². The molecule has 0 N–H and O–H groups in total. The van der Waals surface area contributed by atoms with Gasteiger partial charge in [-0.2, -0.15) is 0 Å². The number of hydrogen-bond acceptors (Lipinski definition) is 5. The fourth-order valence-electron chi connectivity index (χ4n) is 3.11. The molecule has 196 valence electrons. The molecule has 0 aliphatic rings. The molecule has 5 nitrogen and oxygen atoms in total. The van der Waals surface area contributed by atoms with Crippen molar-refractivity contribution in [2.75, 3.05) is 13.9 Å². The minimum Gasteiger partial charge on any atom is -0.544 e. The van der Waals surface area contributed by atoms with Crippen LogP contribution >= 0.6 is 0 Å². The summed E-state index contributed by atoms with van der Waals surface area (Å²) in [6.07, 6.45) is 3.54. The van der Waals surface area contributed by atoms with E-state index in [0.717, 1.165) is 24.9 Å². The summed E-state index contributed by atoms with van der Waals surface area (Å²) in [6.45, 7) is 22.8. The molecule has 0 aliphatic carbocycles. The largest absolute Gasteiger partial charge is 0.544 e. The van der Waals surface area contributed by atoms with Crippen molar-refractivity contribution in [3.63, 3.8) is 0 Å². The number of ether oxygens (including phenoxy) is 2. The summed E-state index contributed by atoms with van der Waals surface area (Å²) >= 11 is 0. The molecule has 0 fully saturated rings. The van der Waals surface area contributed by atoms with Crippen molar-refractivity contribution < 1.29 is 23.1 Å². The zero-order valence-electron chi connectivity index (χ0n) is 23.6. The van der Waals surface area contributed by atoms with Gasteiger partial charge in [-0.1, -0.05) is 53.7 Å². The van der Waals surface area contributed by atoms with Gasteiger partial charge < -0.3 is 23.1 Å². The number of benzene rings is 1. The molecule has 0 heterocycles. The van der Waals surface area contributed by atoms with E-state index in [2.05, 4.69) is 92.0 Å². The third-order valence-corrected chi connectivity index (χ3v) is 16.3. The number of aldehydes is 1. The lowest BCUT2D eigenvalue weighted by molar-refractivity contribution is -0.116. The van der Waals surface area contributed by atoms with Crippen LogP contribution in [0, 0.1) is 0 Å². The van der Waals surface area contributed by atoms with Gasteiger partial charge >= 0.3 is 0 Å². The van der Waals surface area contributed by atoms with E-state index in [-0.39, 0.29) is 29.1 Å². The second-order valence-corrected chi connectivity index (χ2v) is 21.9. The smallest absolute Gasteiger partial charge is 0.250 e. The SMILES string of the molecule is COCO[C@H](CC=O)C[C@H](CCc1ccc(O[Si](C)(C)C(C)(C)C)cc1)O[Si](C)(C)C(C)(C)C. The van der Waals surface area contributed by atoms with Gasteiger partial charge in [-0.25, -0.2) is 0 Å². The molecule has 0 radical (unpaired) electrons. The van der Waals surface area contributed by atoms with Crippen LogP contribution in [0.25, 0.3) is 0 Å². The molecule has 0 saturated heterocycles. The Hall–Kier alpha value is -0.996. The van der Waals surface area contributed by atoms with E-state index >= 15 is 0 Å². The maximum atomic E-state index is 11.2. The second-order valence-electron chi connectivity index (χ2n) is 12.4. The highest BCUT2D eigenvalue weighted by atomic mass is 28.4. The Bertz CT molecular complexity index is 733. The molecule has 0 bridgehead atoms. The number of carbonyl (C=O) groups is 1. The third kappa shape index (κ3) is 9.93. The van der Waals surface area contributed by atoms with Crippen LogP contribution in [0.3, 0.4) is 0 Å². The number of rotatable bonds is 14. The van der Waals surface area contributed by atoms with Crippen LogP contribution in [0.2, 0.25) is 36.3 Å². The third-order valence-electron chi connectivity index (χ3n) is 7.43. The first-order valence-corrected chi connectivity index (χ1v) is 18.3. The van der Waals surface area contributed by atoms with Gasteiger partial charge in [0.2, 0.25) is 8.32 Å². The lowest BCUT2D eigenvalue weighted by Gasteiger charge is -2.40. The Morgan fingerprint density at radius 2 is 1.44 bits per heavy atom.